The summed E-state index contributed by atoms with van der Waals surface area (Å²) in [5, 5.41) is 0. The quantitative estimate of drug-likeness (QED) is 0.875. The van der Waals surface area contributed by atoms with Crippen molar-refractivity contribution in [3.8, 4) is 5.82 Å². The van der Waals surface area contributed by atoms with Gasteiger partial charge in [0.25, 0.3) is 5.56 Å². The molecule has 0 aliphatic carbocycles. The summed E-state index contributed by atoms with van der Waals surface area (Å²) in [5.41, 5.74) is -0.131. The average Bonchev–Trinajstić information content (AvgIpc) is 2.80. The number of nitrogens with zero attached hydrogens (tertiary/aromatic N) is 3. The molecule has 0 radical (unpaired) electrons. The molecule has 0 atom stereocenters. The Hall–Kier alpha value is -2.11. The molecule has 0 bridgehead atoms. The Balaban J connectivity index is 2.90. The van der Waals surface area contributed by atoms with E-state index >= 15 is 0 Å². The number of hydrogen-bond acceptors (Lipinski definition) is 3. The van der Waals surface area contributed by atoms with Gasteiger partial charge in [0.1, 0.15) is 12.1 Å². The van der Waals surface area contributed by atoms with E-state index in [1.165, 1.54) is 0 Å². The van der Waals surface area contributed by atoms with Crippen LogP contribution in [0.4, 0.5) is 0 Å². The third kappa shape index (κ3) is 1.90. The third-order valence-corrected chi connectivity index (χ3v) is 2.85. The minimum Gasteiger partial charge on any atom is -0.291 e. The van der Waals surface area contributed by atoms with E-state index in [2.05, 4.69) is 9.97 Å². The third-order valence-electron chi connectivity index (χ3n) is 2.85. The molecule has 0 aliphatic rings. The summed E-state index contributed by atoms with van der Waals surface area (Å²) in [5.74, 6) is 0.614. The highest BCUT2D eigenvalue weighted by molar-refractivity contribution is 5.35. The summed E-state index contributed by atoms with van der Waals surface area (Å²) in [4.78, 5) is 30.1. The van der Waals surface area contributed by atoms with Gasteiger partial charge >= 0.3 is 5.69 Å². The van der Waals surface area contributed by atoms with Gasteiger partial charge in [-0.1, -0.05) is 13.8 Å². The molecule has 2 rings (SSSR count). The molecule has 0 saturated carbocycles. The van der Waals surface area contributed by atoms with Crippen LogP contribution in [0.3, 0.4) is 0 Å². The molecule has 0 aliphatic heterocycles. The number of aromatic amines is 1. The van der Waals surface area contributed by atoms with Gasteiger partial charge in [-0.3, -0.25) is 18.9 Å². The maximum atomic E-state index is 12.0. The van der Waals surface area contributed by atoms with Crippen molar-refractivity contribution in [1.29, 1.82) is 0 Å². The molecule has 0 amide bonds. The molecule has 0 unspecified atom stereocenters. The molecule has 1 N–H and O–H groups in total. The van der Waals surface area contributed by atoms with Crippen molar-refractivity contribution >= 4 is 0 Å². The lowest BCUT2D eigenvalue weighted by Crippen LogP contribution is -2.35. The second-order valence-corrected chi connectivity index (χ2v) is 4.37. The highest BCUT2D eigenvalue weighted by Gasteiger charge is 2.17. The van der Waals surface area contributed by atoms with E-state index in [1.807, 2.05) is 20.8 Å². The molecular weight excluding hydrogens is 232 g/mol. The van der Waals surface area contributed by atoms with Gasteiger partial charge in [0.2, 0.25) is 0 Å². The molecule has 2 heterocycles. The van der Waals surface area contributed by atoms with Gasteiger partial charge in [0, 0.05) is 18.9 Å². The monoisotopic (exact) mass is 248 g/mol. The average molecular weight is 248 g/mol. The Morgan fingerprint density at radius 2 is 2.11 bits per heavy atom. The lowest BCUT2D eigenvalue weighted by atomic mass is 10.1. The molecular formula is C12H16N4O2. The van der Waals surface area contributed by atoms with E-state index in [0.29, 0.717) is 17.9 Å². The molecule has 0 fully saturated rings. The van der Waals surface area contributed by atoms with Gasteiger partial charge in [0.05, 0.1) is 5.56 Å². The number of rotatable bonds is 3. The Labute approximate surface area is 104 Å². The van der Waals surface area contributed by atoms with E-state index in [-0.39, 0.29) is 11.5 Å². The predicted octanol–water partition coefficient (Wildman–Crippen LogP) is 0.866. The van der Waals surface area contributed by atoms with Crippen molar-refractivity contribution < 1.29 is 0 Å². The summed E-state index contributed by atoms with van der Waals surface area (Å²) in [6, 6.07) is 0. The Morgan fingerprint density at radius 3 is 2.61 bits per heavy atom. The fourth-order valence-corrected chi connectivity index (χ4v) is 2.05. The van der Waals surface area contributed by atoms with Crippen LogP contribution in [-0.2, 0) is 6.54 Å². The number of imidazole rings is 1. The van der Waals surface area contributed by atoms with Crippen molar-refractivity contribution in [3.05, 3.63) is 45.1 Å². The van der Waals surface area contributed by atoms with E-state index in [1.54, 1.807) is 27.9 Å². The largest absolute Gasteiger partial charge is 0.329 e. The lowest BCUT2D eigenvalue weighted by Gasteiger charge is -2.17. The number of hydrogen-bond donors (Lipinski definition) is 1. The smallest absolute Gasteiger partial charge is 0.291 e. The van der Waals surface area contributed by atoms with Crippen LogP contribution in [0.25, 0.3) is 5.82 Å². The molecule has 2 aromatic heterocycles. The first kappa shape index (κ1) is 12.3. The highest BCUT2D eigenvalue weighted by Crippen LogP contribution is 2.17. The molecule has 0 saturated heterocycles. The first-order valence-corrected chi connectivity index (χ1v) is 5.91. The topological polar surface area (TPSA) is 72.7 Å². The standard InChI is InChI=1S/C12H16N4O2/c1-4-16-11(15-6-5-13-7-15)9(8(2)3)10(17)14-12(16)18/h5-8H,4H2,1-3H3,(H,14,17,18). The van der Waals surface area contributed by atoms with Crippen molar-refractivity contribution in [2.75, 3.05) is 0 Å². The van der Waals surface area contributed by atoms with Crippen LogP contribution >= 0.6 is 0 Å². The lowest BCUT2D eigenvalue weighted by molar-refractivity contribution is 0.640. The van der Waals surface area contributed by atoms with Crippen LogP contribution in [0.2, 0.25) is 0 Å². The zero-order valence-corrected chi connectivity index (χ0v) is 10.7. The van der Waals surface area contributed by atoms with Crippen LogP contribution < -0.4 is 11.2 Å². The van der Waals surface area contributed by atoms with Gasteiger partial charge in [-0.25, -0.2) is 9.78 Å². The first-order chi connectivity index (χ1) is 8.56. The second-order valence-electron chi connectivity index (χ2n) is 4.37. The van der Waals surface area contributed by atoms with Crippen LogP contribution in [0.15, 0.2) is 28.3 Å². The van der Waals surface area contributed by atoms with E-state index < -0.39 is 5.69 Å². The van der Waals surface area contributed by atoms with E-state index in [0.717, 1.165) is 0 Å². The molecule has 0 aromatic carbocycles. The SMILES string of the molecule is CCn1c(-n2ccnc2)c(C(C)C)c(=O)[nH]c1=O. The fraction of sp³-hybridized carbons (Fsp3) is 0.417. The Bertz CT molecular complexity index is 650. The minimum absolute atomic E-state index is 0.0181. The van der Waals surface area contributed by atoms with Crippen molar-refractivity contribution in [2.24, 2.45) is 0 Å². The fourth-order valence-electron chi connectivity index (χ4n) is 2.05. The zero-order chi connectivity index (χ0) is 13.3. The van der Waals surface area contributed by atoms with Crippen molar-refractivity contribution in [3.63, 3.8) is 0 Å². The van der Waals surface area contributed by atoms with Crippen LogP contribution in [-0.4, -0.2) is 19.1 Å². The normalized spacial score (nSPS) is 11.1. The summed E-state index contributed by atoms with van der Waals surface area (Å²) in [6.45, 7) is 6.21. The van der Waals surface area contributed by atoms with Crippen molar-refractivity contribution in [2.45, 2.75) is 33.2 Å². The van der Waals surface area contributed by atoms with Gasteiger partial charge in [-0.05, 0) is 12.8 Å². The zero-order valence-electron chi connectivity index (χ0n) is 10.7. The predicted molar refractivity (Wildman–Crippen MR) is 68.2 cm³/mol. The van der Waals surface area contributed by atoms with Crippen molar-refractivity contribution in [1.82, 2.24) is 19.1 Å². The maximum Gasteiger partial charge on any atom is 0.329 e. The van der Waals surface area contributed by atoms with Crippen LogP contribution in [0, 0.1) is 0 Å². The summed E-state index contributed by atoms with van der Waals surface area (Å²) in [6.07, 6.45) is 4.94. The van der Waals surface area contributed by atoms with Gasteiger partial charge in [0.15, 0.2) is 0 Å². The van der Waals surface area contributed by atoms with Gasteiger partial charge in [-0.15, -0.1) is 0 Å². The van der Waals surface area contributed by atoms with Crippen LogP contribution in [0.5, 0.6) is 0 Å². The summed E-state index contributed by atoms with van der Waals surface area (Å²) >= 11 is 0. The molecule has 18 heavy (non-hydrogen) atoms. The highest BCUT2D eigenvalue weighted by atomic mass is 16.2. The minimum atomic E-state index is -0.393. The molecule has 0 spiro atoms. The summed E-state index contributed by atoms with van der Waals surface area (Å²) < 4.78 is 3.24. The first-order valence-electron chi connectivity index (χ1n) is 5.91. The molecule has 2 aromatic rings. The molecule has 96 valence electrons. The molecule has 6 heteroatoms. The maximum absolute atomic E-state index is 12.0. The molecule has 6 nitrogen and oxygen atoms in total. The van der Waals surface area contributed by atoms with Crippen LogP contribution in [0.1, 0.15) is 32.3 Å². The number of nitrogens with one attached hydrogen (secondary N) is 1. The number of aromatic nitrogens is 4. The van der Waals surface area contributed by atoms with E-state index in [4.69, 9.17) is 0 Å². The Morgan fingerprint density at radius 1 is 1.39 bits per heavy atom. The van der Waals surface area contributed by atoms with Gasteiger partial charge in [-0.2, -0.15) is 0 Å². The summed E-state index contributed by atoms with van der Waals surface area (Å²) in [7, 11) is 0. The Kier molecular flexibility index (Phi) is 3.18. The van der Waals surface area contributed by atoms with E-state index in [9.17, 15) is 9.59 Å². The van der Waals surface area contributed by atoms with Gasteiger partial charge < -0.3 is 0 Å². The second kappa shape index (κ2) is 4.64. The number of H-pyrrole nitrogens is 1.